The van der Waals surface area contributed by atoms with Crippen molar-refractivity contribution in [2.24, 2.45) is 5.73 Å². The fourth-order valence-corrected chi connectivity index (χ4v) is 1.13. The van der Waals surface area contributed by atoms with E-state index in [9.17, 15) is 13.6 Å². The number of hydrogen-bond acceptors (Lipinski definition) is 2. The van der Waals surface area contributed by atoms with Crippen LogP contribution in [0.15, 0.2) is 18.2 Å². The van der Waals surface area contributed by atoms with Gasteiger partial charge in [-0.1, -0.05) is 0 Å². The largest absolute Gasteiger partial charge is 0.321 e. The Morgan fingerprint density at radius 3 is 2.29 bits per heavy atom. The molecule has 0 aliphatic rings. The first-order chi connectivity index (χ1) is 6.49. The molecule has 0 aliphatic carbocycles. The van der Waals surface area contributed by atoms with Crippen molar-refractivity contribution >= 4 is 5.78 Å². The summed E-state index contributed by atoms with van der Waals surface area (Å²) in [6.45, 7) is 1.35. The maximum absolute atomic E-state index is 12.7. The lowest BCUT2D eigenvalue weighted by molar-refractivity contribution is -0.118. The highest BCUT2D eigenvalue weighted by Crippen LogP contribution is 2.09. The van der Waals surface area contributed by atoms with Gasteiger partial charge in [-0.15, -0.1) is 0 Å². The van der Waals surface area contributed by atoms with Gasteiger partial charge in [0.15, 0.2) is 0 Å². The highest BCUT2D eigenvalue weighted by Gasteiger charge is 2.10. The van der Waals surface area contributed by atoms with Crippen molar-refractivity contribution in [2.45, 2.75) is 19.4 Å². The molecule has 0 radical (unpaired) electrons. The summed E-state index contributed by atoms with van der Waals surface area (Å²) < 4.78 is 25.4. The third-order valence-corrected chi connectivity index (χ3v) is 1.90. The number of halogens is 2. The molecule has 4 heteroatoms. The molecule has 2 nitrogen and oxygen atoms in total. The van der Waals surface area contributed by atoms with Crippen molar-refractivity contribution in [1.29, 1.82) is 0 Å². The molecule has 0 aromatic heterocycles. The number of benzene rings is 1. The first-order valence-corrected chi connectivity index (χ1v) is 4.20. The van der Waals surface area contributed by atoms with Crippen molar-refractivity contribution in [3.05, 3.63) is 35.4 Å². The normalized spacial score (nSPS) is 12.6. The van der Waals surface area contributed by atoms with Crippen LogP contribution in [0.5, 0.6) is 0 Å². The molecule has 0 unspecified atom stereocenters. The highest BCUT2D eigenvalue weighted by molar-refractivity contribution is 5.81. The van der Waals surface area contributed by atoms with Gasteiger partial charge in [0.25, 0.3) is 0 Å². The summed E-state index contributed by atoms with van der Waals surface area (Å²) in [5.74, 6) is -1.51. The summed E-state index contributed by atoms with van der Waals surface area (Å²) in [5.41, 5.74) is 5.85. The molecule has 1 aromatic carbocycles. The Morgan fingerprint density at radius 2 is 1.86 bits per heavy atom. The third-order valence-electron chi connectivity index (χ3n) is 1.90. The second kappa shape index (κ2) is 4.28. The molecule has 2 N–H and O–H groups in total. The molecule has 0 heterocycles. The van der Waals surface area contributed by atoms with Gasteiger partial charge < -0.3 is 5.73 Å². The van der Waals surface area contributed by atoms with Gasteiger partial charge in [-0.05, 0) is 31.0 Å². The number of Topliss-reactive ketones (excluding diaryl/α,β-unsaturated/α-hetero) is 1. The zero-order chi connectivity index (χ0) is 10.7. The van der Waals surface area contributed by atoms with Gasteiger partial charge in [0.05, 0.1) is 6.04 Å². The molecular weight excluding hydrogens is 188 g/mol. The minimum absolute atomic E-state index is 0.157. The smallest absolute Gasteiger partial charge is 0.146 e. The molecule has 14 heavy (non-hydrogen) atoms. The summed E-state index contributed by atoms with van der Waals surface area (Å²) in [6.07, 6.45) is 0.157. The first kappa shape index (κ1) is 10.8. The van der Waals surface area contributed by atoms with Crippen LogP contribution in [0.4, 0.5) is 8.78 Å². The van der Waals surface area contributed by atoms with Crippen LogP contribution in [0.3, 0.4) is 0 Å². The summed E-state index contributed by atoms with van der Waals surface area (Å²) >= 11 is 0. The van der Waals surface area contributed by atoms with Crippen molar-refractivity contribution in [2.75, 3.05) is 0 Å². The van der Waals surface area contributed by atoms with Crippen LogP contribution < -0.4 is 5.73 Å². The number of carbonyl (C=O) groups is 1. The Bertz CT molecular complexity index is 332. The standard InChI is InChI=1S/C10H11F2NO/c1-6(14)10(13)4-7-2-8(11)5-9(12)3-7/h2-3,5,10H,4,13H2,1H3/t10-/m0/s1. The van der Waals surface area contributed by atoms with E-state index >= 15 is 0 Å². The van der Waals surface area contributed by atoms with Crippen LogP contribution in [0.25, 0.3) is 0 Å². The number of nitrogens with two attached hydrogens (primary N) is 1. The minimum Gasteiger partial charge on any atom is -0.321 e. The molecule has 0 saturated carbocycles. The van der Waals surface area contributed by atoms with Crippen LogP contribution in [-0.4, -0.2) is 11.8 Å². The molecule has 0 bridgehead atoms. The molecule has 0 aliphatic heterocycles. The topological polar surface area (TPSA) is 43.1 Å². The molecule has 1 atom stereocenters. The van der Waals surface area contributed by atoms with Crippen LogP contribution in [-0.2, 0) is 11.2 Å². The number of rotatable bonds is 3. The molecule has 76 valence electrons. The van der Waals surface area contributed by atoms with Crippen LogP contribution in [0.1, 0.15) is 12.5 Å². The minimum atomic E-state index is -0.698. The van der Waals surface area contributed by atoms with Gasteiger partial charge in [0.1, 0.15) is 17.4 Å². The van der Waals surface area contributed by atoms with Gasteiger partial charge in [-0.2, -0.15) is 0 Å². The van der Waals surface area contributed by atoms with Crippen LogP contribution in [0.2, 0.25) is 0 Å². The lowest BCUT2D eigenvalue weighted by atomic mass is 10.0. The van der Waals surface area contributed by atoms with Crippen molar-refractivity contribution < 1.29 is 13.6 Å². The van der Waals surface area contributed by atoms with E-state index in [0.29, 0.717) is 5.56 Å². The Balaban J connectivity index is 2.81. The van der Waals surface area contributed by atoms with Gasteiger partial charge in [-0.25, -0.2) is 8.78 Å². The van der Waals surface area contributed by atoms with E-state index in [2.05, 4.69) is 0 Å². The van der Waals surface area contributed by atoms with Crippen LogP contribution >= 0.6 is 0 Å². The summed E-state index contributed by atoms with van der Waals surface area (Å²) in [6, 6.07) is 2.43. The fourth-order valence-electron chi connectivity index (χ4n) is 1.13. The third kappa shape index (κ3) is 2.88. The summed E-state index contributed by atoms with van der Waals surface area (Å²) in [4.78, 5) is 10.8. The van der Waals surface area contributed by atoms with Crippen molar-refractivity contribution in [3.8, 4) is 0 Å². The van der Waals surface area contributed by atoms with Gasteiger partial charge in [-0.3, -0.25) is 4.79 Å². The lowest BCUT2D eigenvalue weighted by Crippen LogP contribution is -2.30. The second-order valence-electron chi connectivity index (χ2n) is 3.20. The Hall–Kier alpha value is -1.29. The molecule has 1 aromatic rings. The maximum atomic E-state index is 12.7. The molecule has 1 rings (SSSR count). The zero-order valence-corrected chi connectivity index (χ0v) is 7.76. The quantitative estimate of drug-likeness (QED) is 0.800. The van der Waals surface area contributed by atoms with E-state index in [4.69, 9.17) is 5.73 Å². The average Bonchev–Trinajstić information content (AvgIpc) is 2.01. The van der Waals surface area contributed by atoms with Gasteiger partial charge in [0.2, 0.25) is 0 Å². The monoisotopic (exact) mass is 199 g/mol. The highest BCUT2D eigenvalue weighted by atomic mass is 19.1. The van der Waals surface area contributed by atoms with Crippen LogP contribution in [0, 0.1) is 11.6 Å². The molecular formula is C10H11F2NO. The molecule has 0 fully saturated rings. The summed E-state index contributed by atoms with van der Waals surface area (Å²) in [7, 11) is 0. The van der Waals surface area contributed by atoms with Crippen molar-refractivity contribution in [1.82, 2.24) is 0 Å². The van der Waals surface area contributed by atoms with Crippen molar-refractivity contribution in [3.63, 3.8) is 0 Å². The Morgan fingerprint density at radius 1 is 1.36 bits per heavy atom. The van der Waals surface area contributed by atoms with Gasteiger partial charge in [0, 0.05) is 6.07 Å². The fraction of sp³-hybridized carbons (Fsp3) is 0.300. The predicted molar refractivity (Wildman–Crippen MR) is 48.7 cm³/mol. The van der Waals surface area contributed by atoms with E-state index in [1.807, 2.05) is 0 Å². The molecule has 0 spiro atoms. The molecule has 0 amide bonds. The van der Waals surface area contributed by atoms with E-state index in [-0.39, 0.29) is 12.2 Å². The Labute approximate surface area is 80.7 Å². The van der Waals surface area contributed by atoms with E-state index in [1.165, 1.54) is 19.1 Å². The second-order valence-corrected chi connectivity index (χ2v) is 3.20. The summed E-state index contributed by atoms with van der Waals surface area (Å²) in [5, 5.41) is 0. The predicted octanol–water partition coefficient (Wildman–Crippen LogP) is 1.42. The maximum Gasteiger partial charge on any atom is 0.146 e. The molecule has 0 saturated heterocycles. The average molecular weight is 199 g/mol. The van der Waals surface area contributed by atoms with E-state index < -0.39 is 17.7 Å². The Kier molecular flexibility index (Phi) is 3.30. The number of carbonyl (C=O) groups excluding carboxylic acids is 1. The van der Waals surface area contributed by atoms with E-state index in [0.717, 1.165) is 6.07 Å². The lowest BCUT2D eigenvalue weighted by Gasteiger charge is -2.07. The SMILES string of the molecule is CC(=O)[C@@H](N)Cc1cc(F)cc(F)c1. The number of hydrogen-bond donors (Lipinski definition) is 1. The number of ketones is 1. The van der Waals surface area contributed by atoms with Gasteiger partial charge >= 0.3 is 0 Å². The first-order valence-electron chi connectivity index (χ1n) is 4.20. The van der Waals surface area contributed by atoms with E-state index in [1.54, 1.807) is 0 Å². The zero-order valence-electron chi connectivity index (χ0n) is 7.76.